The Morgan fingerprint density at radius 1 is 0.403 bits per heavy atom. The molecule has 0 fully saturated rings. The van der Waals surface area contributed by atoms with Gasteiger partial charge in [0, 0.05) is 12.8 Å². The van der Waals surface area contributed by atoms with Crippen LogP contribution in [0.25, 0.3) is 0 Å². The molecule has 0 aromatic heterocycles. The Morgan fingerprint density at radius 2 is 0.701 bits per heavy atom. The molecule has 0 rings (SSSR count). The van der Waals surface area contributed by atoms with E-state index in [1.807, 2.05) is 6.08 Å². The zero-order valence-electron chi connectivity index (χ0n) is 44.9. The van der Waals surface area contributed by atoms with Crippen LogP contribution in [0.4, 0.5) is 0 Å². The molecule has 67 heavy (non-hydrogen) atoms. The maximum absolute atomic E-state index is 12.5. The molecule has 0 spiro atoms. The van der Waals surface area contributed by atoms with Gasteiger partial charge < -0.3 is 20.3 Å². The molecule has 2 unspecified atom stereocenters. The Morgan fingerprint density at radius 3 is 1.07 bits per heavy atom. The van der Waals surface area contributed by atoms with Crippen molar-refractivity contribution in [3.8, 4) is 0 Å². The second-order valence-corrected chi connectivity index (χ2v) is 20.3. The zero-order chi connectivity index (χ0) is 48.6. The molecule has 0 bridgehead atoms. The molecule has 0 aliphatic heterocycles. The summed E-state index contributed by atoms with van der Waals surface area (Å²) in [6.07, 6.45) is 70.3. The molecular formula is C61H115NO5. The average Bonchev–Trinajstić information content (AvgIpc) is 3.33. The summed E-state index contributed by atoms with van der Waals surface area (Å²) in [7, 11) is 0. The maximum atomic E-state index is 12.5. The number of aliphatic hydroxyl groups excluding tert-OH is 2. The van der Waals surface area contributed by atoms with Gasteiger partial charge in [0.05, 0.1) is 25.4 Å². The molecule has 0 saturated heterocycles. The minimum atomic E-state index is -0.863. The third-order valence-corrected chi connectivity index (χ3v) is 13.6. The van der Waals surface area contributed by atoms with Crippen LogP contribution in [0.1, 0.15) is 316 Å². The normalized spacial score (nSPS) is 12.8. The number of unbranched alkanes of at least 4 members (excludes halogenated alkanes) is 40. The molecule has 394 valence electrons. The van der Waals surface area contributed by atoms with Crippen molar-refractivity contribution in [1.29, 1.82) is 0 Å². The van der Waals surface area contributed by atoms with Crippen molar-refractivity contribution in [1.82, 2.24) is 5.32 Å². The Hall–Kier alpha value is -1.92. The van der Waals surface area contributed by atoms with E-state index >= 15 is 0 Å². The number of carbonyl (C=O) groups is 2. The Kier molecular flexibility index (Phi) is 55.0. The summed E-state index contributed by atoms with van der Waals surface area (Å²) in [5, 5.41) is 23.2. The SMILES string of the molecule is CCCCCCCC/C=C\CCCCCCCC(=O)OCCCCCCCC/C=C\CCCCCC(=O)NC(CO)C(O)/C=C/CCCCCCCCCCCCCCCCCCCCCC. The predicted molar refractivity (Wildman–Crippen MR) is 292 cm³/mol. The van der Waals surface area contributed by atoms with Gasteiger partial charge in [0.2, 0.25) is 5.91 Å². The van der Waals surface area contributed by atoms with E-state index in [2.05, 4.69) is 43.5 Å². The standard InChI is InChI=1S/C61H115NO5/c1-3-5-7-9-11-13-15-17-19-20-21-22-23-24-25-27-29-33-37-41-45-49-53-59(64)58(57-63)62-60(65)54-50-46-42-38-34-30-28-32-36-40-44-48-52-56-67-61(66)55-51-47-43-39-35-31-26-18-16-14-12-10-8-6-4-2/h18,26,30,34,49,53,58-59,63-64H,3-17,19-25,27-29,31-33,35-48,50-52,54-57H2,1-2H3,(H,62,65)/b26-18-,34-30-,53-49+. The number of amides is 1. The summed E-state index contributed by atoms with van der Waals surface area (Å²) in [6, 6.07) is -0.650. The topological polar surface area (TPSA) is 95.9 Å². The second-order valence-electron chi connectivity index (χ2n) is 20.3. The van der Waals surface area contributed by atoms with Crippen molar-refractivity contribution < 1.29 is 24.5 Å². The smallest absolute Gasteiger partial charge is 0.305 e. The molecule has 6 nitrogen and oxygen atoms in total. The first-order valence-corrected chi connectivity index (χ1v) is 29.8. The van der Waals surface area contributed by atoms with Crippen LogP contribution in [0.2, 0.25) is 0 Å². The van der Waals surface area contributed by atoms with E-state index in [1.165, 1.54) is 218 Å². The number of esters is 1. The van der Waals surface area contributed by atoms with Crippen molar-refractivity contribution in [2.24, 2.45) is 0 Å². The first-order valence-electron chi connectivity index (χ1n) is 29.8. The molecule has 0 aromatic rings. The van der Waals surface area contributed by atoms with Crippen LogP contribution in [0.5, 0.6) is 0 Å². The number of nitrogens with one attached hydrogen (secondary N) is 1. The Balaban J connectivity index is 3.53. The van der Waals surface area contributed by atoms with Crippen molar-refractivity contribution in [3.63, 3.8) is 0 Å². The van der Waals surface area contributed by atoms with Gasteiger partial charge >= 0.3 is 5.97 Å². The molecule has 0 saturated carbocycles. The van der Waals surface area contributed by atoms with E-state index in [0.29, 0.717) is 19.4 Å². The highest BCUT2D eigenvalue weighted by Crippen LogP contribution is 2.17. The lowest BCUT2D eigenvalue weighted by Crippen LogP contribution is -2.45. The lowest BCUT2D eigenvalue weighted by atomic mass is 10.0. The molecule has 1 amide bonds. The summed E-state index contributed by atoms with van der Waals surface area (Å²) in [6.45, 7) is 4.87. The van der Waals surface area contributed by atoms with Crippen molar-refractivity contribution in [3.05, 3.63) is 36.5 Å². The zero-order valence-corrected chi connectivity index (χ0v) is 44.9. The van der Waals surface area contributed by atoms with E-state index in [1.54, 1.807) is 6.08 Å². The summed E-state index contributed by atoms with van der Waals surface area (Å²) in [4.78, 5) is 24.5. The van der Waals surface area contributed by atoms with Crippen LogP contribution < -0.4 is 5.32 Å². The quantitative estimate of drug-likeness (QED) is 0.0321. The number of hydrogen-bond donors (Lipinski definition) is 3. The second kappa shape index (κ2) is 56.7. The monoisotopic (exact) mass is 942 g/mol. The lowest BCUT2D eigenvalue weighted by Gasteiger charge is -2.19. The van der Waals surface area contributed by atoms with Gasteiger partial charge in [-0.15, -0.1) is 0 Å². The molecule has 0 radical (unpaired) electrons. The highest BCUT2D eigenvalue weighted by Gasteiger charge is 2.18. The van der Waals surface area contributed by atoms with Crippen LogP contribution in [-0.4, -0.2) is 47.4 Å². The molecule has 3 N–H and O–H groups in total. The number of carbonyl (C=O) groups excluding carboxylic acids is 2. The number of rotatable bonds is 55. The van der Waals surface area contributed by atoms with Gasteiger partial charge in [-0.25, -0.2) is 0 Å². The van der Waals surface area contributed by atoms with Gasteiger partial charge in [0.1, 0.15) is 0 Å². The third-order valence-electron chi connectivity index (χ3n) is 13.6. The number of hydrogen-bond acceptors (Lipinski definition) is 5. The molecule has 0 aromatic carbocycles. The molecule has 6 heteroatoms. The number of allylic oxidation sites excluding steroid dienone is 5. The summed E-state index contributed by atoms with van der Waals surface area (Å²) in [5.41, 5.74) is 0. The predicted octanol–water partition coefficient (Wildman–Crippen LogP) is 18.4. The van der Waals surface area contributed by atoms with Gasteiger partial charge in [-0.3, -0.25) is 9.59 Å². The first kappa shape index (κ1) is 65.1. The van der Waals surface area contributed by atoms with Crippen LogP contribution in [0, 0.1) is 0 Å². The first-order chi connectivity index (χ1) is 33.0. The van der Waals surface area contributed by atoms with Crippen molar-refractivity contribution in [2.45, 2.75) is 328 Å². The van der Waals surface area contributed by atoms with E-state index in [9.17, 15) is 19.8 Å². The largest absolute Gasteiger partial charge is 0.466 e. The Bertz CT molecular complexity index is 1090. The van der Waals surface area contributed by atoms with Crippen LogP contribution in [0.15, 0.2) is 36.5 Å². The van der Waals surface area contributed by atoms with Crippen LogP contribution in [0.3, 0.4) is 0 Å². The summed E-state index contributed by atoms with van der Waals surface area (Å²) in [5.74, 6) is -0.118. The van der Waals surface area contributed by atoms with Crippen LogP contribution in [-0.2, 0) is 14.3 Å². The highest BCUT2D eigenvalue weighted by atomic mass is 16.5. The summed E-state index contributed by atoms with van der Waals surface area (Å²) < 4.78 is 5.46. The van der Waals surface area contributed by atoms with E-state index in [4.69, 9.17) is 4.74 Å². The number of ether oxygens (including phenoxy) is 1. The minimum absolute atomic E-state index is 0.0217. The third kappa shape index (κ3) is 53.3. The fourth-order valence-electron chi connectivity index (χ4n) is 9.03. The van der Waals surface area contributed by atoms with E-state index in [-0.39, 0.29) is 18.5 Å². The van der Waals surface area contributed by atoms with Gasteiger partial charge in [-0.2, -0.15) is 0 Å². The number of aliphatic hydroxyl groups is 2. The van der Waals surface area contributed by atoms with Gasteiger partial charge in [-0.05, 0) is 83.5 Å². The molecular weight excluding hydrogens is 827 g/mol. The fraction of sp³-hybridized carbons (Fsp3) is 0.869. The van der Waals surface area contributed by atoms with Gasteiger partial charge in [-0.1, -0.05) is 256 Å². The van der Waals surface area contributed by atoms with Gasteiger partial charge in [0.25, 0.3) is 0 Å². The van der Waals surface area contributed by atoms with E-state index < -0.39 is 12.1 Å². The van der Waals surface area contributed by atoms with Gasteiger partial charge in [0.15, 0.2) is 0 Å². The summed E-state index contributed by atoms with van der Waals surface area (Å²) >= 11 is 0. The molecule has 0 aliphatic rings. The molecule has 2 atom stereocenters. The van der Waals surface area contributed by atoms with Crippen molar-refractivity contribution in [2.75, 3.05) is 13.2 Å². The molecule has 0 aliphatic carbocycles. The van der Waals surface area contributed by atoms with Crippen molar-refractivity contribution >= 4 is 11.9 Å². The minimum Gasteiger partial charge on any atom is -0.466 e. The lowest BCUT2D eigenvalue weighted by molar-refractivity contribution is -0.143. The molecule has 0 heterocycles. The van der Waals surface area contributed by atoms with Crippen LogP contribution >= 0.6 is 0 Å². The fourth-order valence-corrected chi connectivity index (χ4v) is 9.03. The average molecular weight is 943 g/mol. The Labute approximate surface area is 417 Å². The van der Waals surface area contributed by atoms with E-state index in [0.717, 1.165) is 70.6 Å². The highest BCUT2D eigenvalue weighted by molar-refractivity contribution is 5.76. The maximum Gasteiger partial charge on any atom is 0.305 e.